The number of anilines is 2. The molecule has 2 aromatic heterocycles. The summed E-state index contributed by atoms with van der Waals surface area (Å²) >= 11 is 0. The molecule has 0 bridgehead atoms. The van der Waals surface area contributed by atoms with Crippen LogP contribution in [0.15, 0.2) is 42.6 Å². The number of fused-ring (bicyclic) bond motifs is 1. The van der Waals surface area contributed by atoms with Crippen molar-refractivity contribution < 1.29 is 4.79 Å². The van der Waals surface area contributed by atoms with Crippen molar-refractivity contribution in [1.29, 1.82) is 0 Å². The molecule has 29 heavy (non-hydrogen) atoms. The number of carbonyl (C=O) groups is 1. The van der Waals surface area contributed by atoms with Gasteiger partial charge in [0.25, 0.3) is 5.91 Å². The molecule has 5 nitrogen and oxygen atoms in total. The molecule has 1 aliphatic rings. The molecule has 1 amide bonds. The van der Waals surface area contributed by atoms with Crippen molar-refractivity contribution in [3.8, 4) is 0 Å². The summed E-state index contributed by atoms with van der Waals surface area (Å²) in [5, 5.41) is 4.39. The fourth-order valence-corrected chi connectivity index (χ4v) is 3.93. The van der Waals surface area contributed by atoms with Crippen LogP contribution in [0.5, 0.6) is 0 Å². The van der Waals surface area contributed by atoms with Crippen LogP contribution in [-0.2, 0) is 6.42 Å². The van der Waals surface area contributed by atoms with Crippen molar-refractivity contribution >= 4 is 28.3 Å². The lowest BCUT2D eigenvalue weighted by atomic mass is 10.1. The van der Waals surface area contributed by atoms with Crippen LogP contribution in [0.4, 0.5) is 11.4 Å². The Labute approximate surface area is 172 Å². The number of amides is 1. The molecule has 3 aromatic rings. The maximum absolute atomic E-state index is 13.4. The summed E-state index contributed by atoms with van der Waals surface area (Å²) in [5.74, 6) is 0.0519. The van der Waals surface area contributed by atoms with E-state index in [9.17, 15) is 4.79 Å². The average molecular weight is 389 g/mol. The molecule has 1 fully saturated rings. The third-order valence-electron chi connectivity index (χ3n) is 5.60. The van der Waals surface area contributed by atoms with Crippen LogP contribution >= 0.6 is 0 Å². The first kappa shape index (κ1) is 19.4. The molecule has 1 aromatic carbocycles. The fraction of sp³-hybridized carbons (Fsp3) is 0.375. The molecular formula is C24H28N4O. The Morgan fingerprint density at radius 3 is 2.66 bits per heavy atom. The van der Waals surface area contributed by atoms with Gasteiger partial charge in [-0.15, -0.1) is 0 Å². The Morgan fingerprint density at radius 2 is 1.90 bits per heavy atom. The Hall–Kier alpha value is -2.95. The fourth-order valence-electron chi connectivity index (χ4n) is 3.93. The number of nitrogens with zero attached hydrogens (tertiary/aromatic N) is 3. The molecule has 0 saturated carbocycles. The zero-order valence-electron chi connectivity index (χ0n) is 17.2. The average Bonchev–Trinajstić information content (AvgIpc) is 3.03. The molecule has 1 saturated heterocycles. The van der Waals surface area contributed by atoms with Crippen LogP contribution in [0, 0.1) is 6.92 Å². The molecular weight excluding hydrogens is 360 g/mol. The minimum absolute atomic E-state index is 0.0519. The molecule has 0 radical (unpaired) electrons. The van der Waals surface area contributed by atoms with E-state index in [1.165, 1.54) is 18.4 Å². The molecule has 0 atom stereocenters. The Morgan fingerprint density at radius 1 is 1.10 bits per heavy atom. The molecule has 1 N–H and O–H groups in total. The van der Waals surface area contributed by atoms with Gasteiger partial charge in [-0.25, -0.2) is 9.97 Å². The molecule has 0 unspecified atom stereocenters. The van der Waals surface area contributed by atoms with E-state index in [-0.39, 0.29) is 5.91 Å². The highest BCUT2D eigenvalue weighted by molar-refractivity contribution is 6.07. The van der Waals surface area contributed by atoms with Gasteiger partial charge in [-0.2, -0.15) is 0 Å². The van der Waals surface area contributed by atoms with Gasteiger partial charge < -0.3 is 10.2 Å². The van der Waals surface area contributed by atoms with Crippen LogP contribution in [0.1, 0.15) is 54.2 Å². The van der Waals surface area contributed by atoms with Gasteiger partial charge in [-0.05, 0) is 56.0 Å². The second-order valence-corrected chi connectivity index (χ2v) is 7.76. The maximum Gasteiger partial charge on any atom is 0.257 e. The van der Waals surface area contributed by atoms with E-state index in [2.05, 4.69) is 34.3 Å². The van der Waals surface area contributed by atoms with Gasteiger partial charge in [0.1, 0.15) is 0 Å². The van der Waals surface area contributed by atoms with Gasteiger partial charge in [-0.3, -0.25) is 4.79 Å². The minimum atomic E-state index is 0.0519. The SMILES string of the molecule is CCc1cccc(Nc2c(C(=O)N3CCCCCC3)cnc3nc(C)ccc23)c1. The molecule has 5 heteroatoms. The number of aryl methyl sites for hydroxylation is 2. The lowest BCUT2D eigenvalue weighted by Crippen LogP contribution is -2.32. The lowest BCUT2D eigenvalue weighted by Gasteiger charge is -2.22. The number of rotatable bonds is 4. The number of aromatic nitrogens is 2. The summed E-state index contributed by atoms with van der Waals surface area (Å²) in [7, 11) is 0. The highest BCUT2D eigenvalue weighted by Crippen LogP contribution is 2.30. The smallest absolute Gasteiger partial charge is 0.257 e. The Bertz CT molecular complexity index is 1020. The van der Waals surface area contributed by atoms with Crippen molar-refractivity contribution in [1.82, 2.24) is 14.9 Å². The Kier molecular flexibility index (Phi) is 5.74. The van der Waals surface area contributed by atoms with E-state index in [1.807, 2.05) is 36.1 Å². The molecule has 4 rings (SSSR count). The van der Waals surface area contributed by atoms with Crippen molar-refractivity contribution in [2.75, 3.05) is 18.4 Å². The summed E-state index contributed by atoms with van der Waals surface area (Å²) in [6.45, 7) is 5.72. The number of benzene rings is 1. The Balaban J connectivity index is 1.79. The first-order chi connectivity index (χ1) is 14.2. The second kappa shape index (κ2) is 8.60. The quantitative estimate of drug-likeness (QED) is 0.662. The summed E-state index contributed by atoms with van der Waals surface area (Å²) in [5.41, 5.74) is 5.21. The number of carbonyl (C=O) groups excluding carboxylic acids is 1. The van der Waals surface area contributed by atoms with E-state index in [4.69, 9.17) is 0 Å². The largest absolute Gasteiger partial charge is 0.354 e. The summed E-state index contributed by atoms with van der Waals surface area (Å²) < 4.78 is 0. The minimum Gasteiger partial charge on any atom is -0.354 e. The van der Waals surface area contributed by atoms with E-state index in [0.717, 1.165) is 54.8 Å². The number of likely N-dealkylation sites (tertiary alicyclic amines) is 1. The van der Waals surface area contributed by atoms with Crippen LogP contribution in [0.3, 0.4) is 0 Å². The van der Waals surface area contributed by atoms with Gasteiger partial charge in [-0.1, -0.05) is 31.9 Å². The highest BCUT2D eigenvalue weighted by Gasteiger charge is 2.22. The van der Waals surface area contributed by atoms with Crippen molar-refractivity contribution in [3.63, 3.8) is 0 Å². The van der Waals surface area contributed by atoms with Gasteiger partial charge in [0.05, 0.1) is 11.3 Å². The standard InChI is InChI=1S/C24H28N4O/c1-3-18-9-8-10-19(15-18)27-22-20-12-11-17(2)26-23(20)25-16-21(22)24(29)28-13-6-4-5-7-14-28/h8-12,15-16H,3-7,13-14H2,1-2H3,(H,25,26,27). The number of pyridine rings is 2. The number of hydrogen-bond acceptors (Lipinski definition) is 4. The van der Waals surface area contributed by atoms with Gasteiger partial charge in [0.15, 0.2) is 5.65 Å². The maximum atomic E-state index is 13.4. The molecule has 3 heterocycles. The third kappa shape index (κ3) is 4.24. The van der Waals surface area contributed by atoms with Gasteiger partial charge >= 0.3 is 0 Å². The van der Waals surface area contributed by atoms with Crippen molar-refractivity contribution in [2.24, 2.45) is 0 Å². The van der Waals surface area contributed by atoms with Gasteiger partial charge in [0, 0.05) is 36.1 Å². The molecule has 0 spiro atoms. The van der Waals surface area contributed by atoms with E-state index in [0.29, 0.717) is 11.2 Å². The van der Waals surface area contributed by atoms with Crippen LogP contribution in [0.25, 0.3) is 11.0 Å². The van der Waals surface area contributed by atoms with Crippen LogP contribution < -0.4 is 5.32 Å². The number of nitrogens with one attached hydrogen (secondary N) is 1. The first-order valence-electron chi connectivity index (χ1n) is 10.6. The topological polar surface area (TPSA) is 58.1 Å². The van der Waals surface area contributed by atoms with E-state index in [1.54, 1.807) is 6.20 Å². The molecule has 1 aliphatic heterocycles. The second-order valence-electron chi connectivity index (χ2n) is 7.76. The van der Waals surface area contributed by atoms with Crippen molar-refractivity contribution in [3.05, 3.63) is 59.4 Å². The predicted molar refractivity (Wildman–Crippen MR) is 118 cm³/mol. The first-order valence-corrected chi connectivity index (χ1v) is 10.6. The summed E-state index contributed by atoms with van der Waals surface area (Å²) in [6, 6.07) is 12.3. The zero-order chi connectivity index (χ0) is 20.2. The van der Waals surface area contributed by atoms with E-state index >= 15 is 0 Å². The third-order valence-corrected chi connectivity index (χ3v) is 5.60. The monoisotopic (exact) mass is 388 g/mol. The zero-order valence-corrected chi connectivity index (χ0v) is 17.2. The number of hydrogen-bond donors (Lipinski definition) is 1. The van der Waals surface area contributed by atoms with Gasteiger partial charge in [0.2, 0.25) is 0 Å². The van der Waals surface area contributed by atoms with Crippen LogP contribution in [-0.4, -0.2) is 33.9 Å². The normalized spacial score (nSPS) is 14.6. The molecule has 150 valence electrons. The summed E-state index contributed by atoms with van der Waals surface area (Å²) in [6.07, 6.45) is 7.17. The van der Waals surface area contributed by atoms with Crippen LogP contribution in [0.2, 0.25) is 0 Å². The highest BCUT2D eigenvalue weighted by atomic mass is 16.2. The van der Waals surface area contributed by atoms with E-state index < -0.39 is 0 Å². The lowest BCUT2D eigenvalue weighted by molar-refractivity contribution is 0.0762. The predicted octanol–water partition coefficient (Wildman–Crippen LogP) is 5.26. The van der Waals surface area contributed by atoms with Crippen molar-refractivity contribution in [2.45, 2.75) is 46.0 Å². The molecule has 0 aliphatic carbocycles. The summed E-state index contributed by atoms with van der Waals surface area (Å²) in [4.78, 5) is 24.5.